The zero-order valence-electron chi connectivity index (χ0n) is 15.0. The van der Waals surface area contributed by atoms with Crippen LogP contribution >= 0.6 is 0 Å². The van der Waals surface area contributed by atoms with E-state index in [1.165, 1.54) is 0 Å². The SMILES string of the molecule is O=C(c1ccc(C#Cc2cccc3c2OCO3)cc1)N1CCCC(CO)C1. The molecule has 1 saturated heterocycles. The van der Waals surface area contributed by atoms with E-state index in [0.717, 1.165) is 30.5 Å². The van der Waals surface area contributed by atoms with E-state index in [9.17, 15) is 9.90 Å². The number of likely N-dealkylation sites (tertiary alicyclic amines) is 1. The number of fused-ring (bicyclic) bond motifs is 1. The second-order valence-electron chi connectivity index (χ2n) is 6.81. The Morgan fingerprint density at radius 3 is 2.81 bits per heavy atom. The number of carbonyl (C=O) groups excluding carboxylic acids is 1. The molecule has 2 aromatic rings. The molecule has 5 nitrogen and oxygen atoms in total. The van der Waals surface area contributed by atoms with Gasteiger partial charge < -0.3 is 19.5 Å². The summed E-state index contributed by atoms with van der Waals surface area (Å²) in [4.78, 5) is 14.5. The molecule has 1 atom stereocenters. The standard InChI is InChI=1S/C22H21NO4/c24-14-17-3-2-12-23(13-17)22(25)19-10-7-16(8-11-19)6-9-18-4-1-5-20-21(18)27-15-26-20/h1,4-5,7-8,10-11,17,24H,2-3,12-15H2. The Balaban J connectivity index is 1.47. The van der Waals surface area contributed by atoms with Crippen molar-refractivity contribution in [2.45, 2.75) is 12.8 Å². The van der Waals surface area contributed by atoms with Gasteiger partial charge in [-0.15, -0.1) is 0 Å². The summed E-state index contributed by atoms with van der Waals surface area (Å²) >= 11 is 0. The molecule has 1 fully saturated rings. The minimum atomic E-state index is 0.0130. The molecular formula is C22H21NO4. The molecule has 2 heterocycles. The van der Waals surface area contributed by atoms with Crippen LogP contribution in [0.4, 0.5) is 0 Å². The van der Waals surface area contributed by atoms with E-state index in [4.69, 9.17) is 9.47 Å². The number of nitrogens with zero attached hydrogens (tertiary/aromatic N) is 1. The van der Waals surface area contributed by atoms with Crippen molar-refractivity contribution in [2.75, 3.05) is 26.5 Å². The van der Waals surface area contributed by atoms with Crippen LogP contribution in [0, 0.1) is 17.8 Å². The van der Waals surface area contributed by atoms with Gasteiger partial charge in [0.05, 0.1) is 5.56 Å². The van der Waals surface area contributed by atoms with Crippen molar-refractivity contribution < 1.29 is 19.4 Å². The van der Waals surface area contributed by atoms with E-state index in [1.54, 1.807) is 0 Å². The Hall–Kier alpha value is -2.97. The number of benzene rings is 2. The number of ether oxygens (including phenoxy) is 2. The first-order valence-electron chi connectivity index (χ1n) is 9.15. The van der Waals surface area contributed by atoms with Crippen LogP contribution in [0.2, 0.25) is 0 Å². The minimum absolute atomic E-state index is 0.0130. The lowest BCUT2D eigenvalue weighted by Crippen LogP contribution is -2.40. The maximum absolute atomic E-state index is 12.7. The Morgan fingerprint density at radius 1 is 1.15 bits per heavy atom. The van der Waals surface area contributed by atoms with Gasteiger partial charge in [-0.1, -0.05) is 17.9 Å². The van der Waals surface area contributed by atoms with Crippen LogP contribution in [-0.4, -0.2) is 42.4 Å². The Labute approximate surface area is 158 Å². The number of rotatable bonds is 2. The number of hydrogen-bond acceptors (Lipinski definition) is 4. The normalized spacial score (nSPS) is 18.0. The number of hydrogen-bond donors (Lipinski definition) is 1. The summed E-state index contributed by atoms with van der Waals surface area (Å²) in [5.74, 6) is 7.81. The second-order valence-corrected chi connectivity index (χ2v) is 6.81. The average Bonchev–Trinajstić information content (AvgIpc) is 3.21. The number of aliphatic hydroxyl groups excluding tert-OH is 1. The van der Waals surface area contributed by atoms with Crippen molar-refractivity contribution in [3.8, 4) is 23.3 Å². The number of piperidine rings is 1. The first-order chi connectivity index (χ1) is 13.2. The Kier molecular flexibility index (Phi) is 4.99. The summed E-state index contributed by atoms with van der Waals surface area (Å²) in [6, 6.07) is 13.0. The fraction of sp³-hybridized carbons (Fsp3) is 0.318. The summed E-state index contributed by atoms with van der Waals surface area (Å²) in [5, 5.41) is 9.34. The van der Waals surface area contributed by atoms with Crippen LogP contribution < -0.4 is 9.47 Å². The molecule has 1 amide bonds. The molecule has 2 aromatic carbocycles. The number of carbonyl (C=O) groups is 1. The zero-order valence-corrected chi connectivity index (χ0v) is 15.0. The molecule has 2 aliphatic heterocycles. The van der Waals surface area contributed by atoms with E-state index < -0.39 is 0 Å². The van der Waals surface area contributed by atoms with Gasteiger partial charge in [-0.3, -0.25) is 4.79 Å². The molecule has 1 N–H and O–H groups in total. The van der Waals surface area contributed by atoms with Crippen molar-refractivity contribution in [3.05, 3.63) is 59.2 Å². The van der Waals surface area contributed by atoms with Gasteiger partial charge in [0.2, 0.25) is 6.79 Å². The van der Waals surface area contributed by atoms with Gasteiger partial charge >= 0.3 is 0 Å². The second kappa shape index (κ2) is 7.73. The fourth-order valence-electron chi connectivity index (χ4n) is 3.45. The van der Waals surface area contributed by atoms with Gasteiger partial charge in [0, 0.05) is 30.8 Å². The number of para-hydroxylation sites is 1. The molecule has 2 aliphatic rings. The van der Waals surface area contributed by atoms with Gasteiger partial charge in [-0.2, -0.15) is 0 Å². The van der Waals surface area contributed by atoms with Gasteiger partial charge in [-0.05, 0) is 55.2 Å². The topological polar surface area (TPSA) is 59.0 Å². The summed E-state index contributed by atoms with van der Waals surface area (Å²) in [5.41, 5.74) is 2.26. The van der Waals surface area contributed by atoms with Crippen LogP contribution in [0.5, 0.6) is 11.5 Å². The molecule has 138 valence electrons. The molecule has 27 heavy (non-hydrogen) atoms. The summed E-state index contributed by atoms with van der Waals surface area (Å²) < 4.78 is 10.8. The third-order valence-electron chi connectivity index (χ3n) is 4.93. The van der Waals surface area contributed by atoms with Crippen molar-refractivity contribution in [1.82, 2.24) is 4.90 Å². The molecule has 0 bridgehead atoms. The third-order valence-corrected chi connectivity index (χ3v) is 4.93. The van der Waals surface area contributed by atoms with E-state index in [0.29, 0.717) is 23.6 Å². The van der Waals surface area contributed by atoms with Crippen molar-refractivity contribution in [1.29, 1.82) is 0 Å². The molecule has 0 saturated carbocycles. The van der Waals surface area contributed by atoms with Crippen LogP contribution in [0.25, 0.3) is 0 Å². The first-order valence-corrected chi connectivity index (χ1v) is 9.15. The average molecular weight is 363 g/mol. The van der Waals surface area contributed by atoms with Crippen molar-refractivity contribution in [3.63, 3.8) is 0 Å². The fourth-order valence-corrected chi connectivity index (χ4v) is 3.45. The Bertz CT molecular complexity index is 895. The highest BCUT2D eigenvalue weighted by molar-refractivity contribution is 5.94. The predicted molar refractivity (Wildman–Crippen MR) is 101 cm³/mol. The molecule has 1 unspecified atom stereocenters. The highest BCUT2D eigenvalue weighted by Crippen LogP contribution is 2.34. The largest absolute Gasteiger partial charge is 0.454 e. The minimum Gasteiger partial charge on any atom is -0.454 e. The van der Waals surface area contributed by atoms with E-state index in [-0.39, 0.29) is 25.2 Å². The van der Waals surface area contributed by atoms with E-state index >= 15 is 0 Å². The molecule has 0 radical (unpaired) electrons. The lowest BCUT2D eigenvalue weighted by molar-refractivity contribution is 0.0620. The molecule has 5 heteroatoms. The maximum atomic E-state index is 12.7. The van der Waals surface area contributed by atoms with Crippen molar-refractivity contribution in [2.24, 2.45) is 5.92 Å². The quantitative estimate of drug-likeness (QED) is 0.834. The van der Waals surface area contributed by atoms with Crippen LogP contribution in [0.1, 0.15) is 34.3 Å². The van der Waals surface area contributed by atoms with Gasteiger partial charge in [0.15, 0.2) is 11.5 Å². The summed E-state index contributed by atoms with van der Waals surface area (Å²) in [7, 11) is 0. The molecule has 0 spiro atoms. The monoisotopic (exact) mass is 363 g/mol. The van der Waals surface area contributed by atoms with Crippen LogP contribution in [0.3, 0.4) is 0 Å². The molecule has 4 rings (SSSR count). The number of amides is 1. The zero-order chi connectivity index (χ0) is 18.6. The lowest BCUT2D eigenvalue weighted by atomic mass is 9.98. The summed E-state index contributed by atoms with van der Waals surface area (Å²) in [6.07, 6.45) is 1.92. The van der Waals surface area contributed by atoms with Crippen LogP contribution in [0.15, 0.2) is 42.5 Å². The molecule has 0 aliphatic carbocycles. The van der Waals surface area contributed by atoms with Gasteiger partial charge in [0.25, 0.3) is 5.91 Å². The maximum Gasteiger partial charge on any atom is 0.253 e. The molecular weight excluding hydrogens is 342 g/mol. The number of aliphatic hydroxyl groups is 1. The van der Waals surface area contributed by atoms with Crippen LogP contribution in [-0.2, 0) is 0 Å². The highest BCUT2D eigenvalue weighted by Gasteiger charge is 2.23. The lowest BCUT2D eigenvalue weighted by Gasteiger charge is -2.31. The first kappa shape index (κ1) is 17.4. The summed E-state index contributed by atoms with van der Waals surface area (Å²) in [6.45, 7) is 1.73. The van der Waals surface area contributed by atoms with E-state index in [2.05, 4.69) is 11.8 Å². The smallest absolute Gasteiger partial charge is 0.253 e. The third kappa shape index (κ3) is 3.76. The highest BCUT2D eigenvalue weighted by atomic mass is 16.7. The van der Waals surface area contributed by atoms with Gasteiger partial charge in [0.1, 0.15) is 0 Å². The van der Waals surface area contributed by atoms with Gasteiger partial charge in [-0.25, -0.2) is 0 Å². The van der Waals surface area contributed by atoms with E-state index in [1.807, 2.05) is 47.4 Å². The van der Waals surface area contributed by atoms with Crippen molar-refractivity contribution >= 4 is 5.91 Å². The molecule has 0 aromatic heterocycles. The predicted octanol–water partition coefficient (Wildman–Crippen LogP) is 2.66. The Morgan fingerprint density at radius 2 is 2.00 bits per heavy atom.